The Kier molecular flexibility index (Phi) is 4.18. The fourth-order valence-corrected chi connectivity index (χ4v) is 3.52. The standard InChI is InChI=1S/C17H23NO2/c18-14-6-3-5-13(10-14)16(19)11-17-15-7-2-1-4-12(15)8-9-20-17/h1-2,4,7,13-14,17H,3,5-6,8-11,18H2. The summed E-state index contributed by atoms with van der Waals surface area (Å²) in [5.41, 5.74) is 8.52. The zero-order valence-electron chi connectivity index (χ0n) is 11.9. The summed E-state index contributed by atoms with van der Waals surface area (Å²) in [6.07, 6.45) is 5.41. The minimum absolute atomic E-state index is 0.0504. The summed E-state index contributed by atoms with van der Waals surface area (Å²) in [4.78, 5) is 12.5. The highest BCUT2D eigenvalue weighted by molar-refractivity contribution is 5.81. The Morgan fingerprint density at radius 3 is 3.00 bits per heavy atom. The zero-order chi connectivity index (χ0) is 13.9. The molecule has 0 amide bonds. The van der Waals surface area contributed by atoms with Crippen LogP contribution in [0.1, 0.15) is 49.3 Å². The zero-order valence-corrected chi connectivity index (χ0v) is 11.9. The lowest BCUT2D eigenvalue weighted by atomic mass is 9.81. The summed E-state index contributed by atoms with van der Waals surface area (Å²) in [5, 5.41) is 0. The van der Waals surface area contributed by atoms with Gasteiger partial charge < -0.3 is 10.5 Å². The number of carbonyl (C=O) groups is 1. The molecule has 1 heterocycles. The normalized spacial score (nSPS) is 29.8. The predicted octanol–water partition coefficient (Wildman–Crippen LogP) is 2.78. The van der Waals surface area contributed by atoms with E-state index in [1.807, 2.05) is 6.07 Å². The molecule has 1 aromatic rings. The van der Waals surface area contributed by atoms with Crippen molar-refractivity contribution in [2.75, 3.05) is 6.61 Å². The van der Waals surface area contributed by atoms with Crippen LogP contribution in [0.4, 0.5) is 0 Å². The number of Topliss-reactive ketones (excluding diaryl/α,β-unsaturated/α-hetero) is 1. The number of fused-ring (bicyclic) bond motifs is 1. The number of hydrogen-bond donors (Lipinski definition) is 1. The van der Waals surface area contributed by atoms with Crippen molar-refractivity contribution < 1.29 is 9.53 Å². The molecule has 3 rings (SSSR count). The fraction of sp³-hybridized carbons (Fsp3) is 0.588. The number of benzene rings is 1. The monoisotopic (exact) mass is 273 g/mol. The Hall–Kier alpha value is -1.19. The van der Waals surface area contributed by atoms with Gasteiger partial charge in [0.1, 0.15) is 5.78 Å². The van der Waals surface area contributed by atoms with E-state index in [4.69, 9.17) is 10.5 Å². The molecule has 20 heavy (non-hydrogen) atoms. The third-order valence-electron chi connectivity index (χ3n) is 4.65. The smallest absolute Gasteiger partial charge is 0.138 e. The molecule has 0 bridgehead atoms. The van der Waals surface area contributed by atoms with Crippen LogP contribution >= 0.6 is 0 Å². The lowest BCUT2D eigenvalue weighted by Crippen LogP contribution is -2.32. The van der Waals surface area contributed by atoms with E-state index in [1.54, 1.807) is 0 Å². The highest BCUT2D eigenvalue weighted by Gasteiger charge is 2.29. The van der Waals surface area contributed by atoms with E-state index in [-0.39, 0.29) is 18.1 Å². The topological polar surface area (TPSA) is 52.3 Å². The van der Waals surface area contributed by atoms with Crippen molar-refractivity contribution in [3.63, 3.8) is 0 Å². The largest absolute Gasteiger partial charge is 0.373 e. The molecule has 0 radical (unpaired) electrons. The predicted molar refractivity (Wildman–Crippen MR) is 78.4 cm³/mol. The molecule has 2 aliphatic rings. The first-order chi connectivity index (χ1) is 9.74. The average Bonchev–Trinajstić information content (AvgIpc) is 2.47. The summed E-state index contributed by atoms with van der Waals surface area (Å²) < 4.78 is 5.84. The van der Waals surface area contributed by atoms with Gasteiger partial charge in [0.2, 0.25) is 0 Å². The fourth-order valence-electron chi connectivity index (χ4n) is 3.52. The molecule has 1 aliphatic carbocycles. The van der Waals surface area contributed by atoms with Crippen LogP contribution in [-0.2, 0) is 16.0 Å². The molecule has 2 N–H and O–H groups in total. The van der Waals surface area contributed by atoms with Gasteiger partial charge in [-0.05, 0) is 36.8 Å². The van der Waals surface area contributed by atoms with Crippen LogP contribution in [0.15, 0.2) is 24.3 Å². The van der Waals surface area contributed by atoms with Crippen molar-refractivity contribution >= 4 is 5.78 Å². The second-order valence-corrected chi connectivity index (χ2v) is 6.10. The van der Waals surface area contributed by atoms with Crippen LogP contribution in [0.25, 0.3) is 0 Å². The molecule has 1 aromatic carbocycles. The van der Waals surface area contributed by atoms with Crippen LogP contribution in [-0.4, -0.2) is 18.4 Å². The molecule has 3 nitrogen and oxygen atoms in total. The van der Waals surface area contributed by atoms with Gasteiger partial charge >= 0.3 is 0 Å². The van der Waals surface area contributed by atoms with E-state index in [0.29, 0.717) is 12.2 Å². The van der Waals surface area contributed by atoms with Gasteiger partial charge in [0, 0.05) is 18.4 Å². The van der Waals surface area contributed by atoms with Gasteiger partial charge in [-0.1, -0.05) is 30.7 Å². The van der Waals surface area contributed by atoms with Crippen LogP contribution in [0, 0.1) is 5.92 Å². The Bertz CT molecular complexity index is 486. The molecule has 3 atom stereocenters. The molecular formula is C17H23NO2. The molecule has 108 valence electrons. The summed E-state index contributed by atoms with van der Waals surface area (Å²) in [6, 6.07) is 8.53. The Morgan fingerprint density at radius 1 is 1.30 bits per heavy atom. The first kappa shape index (κ1) is 13.8. The van der Waals surface area contributed by atoms with Crippen molar-refractivity contribution in [3.8, 4) is 0 Å². The minimum atomic E-state index is -0.0504. The summed E-state index contributed by atoms with van der Waals surface area (Å²) in [7, 11) is 0. The molecular weight excluding hydrogens is 250 g/mol. The third kappa shape index (κ3) is 2.94. The molecule has 1 fully saturated rings. The van der Waals surface area contributed by atoms with Crippen LogP contribution in [0.2, 0.25) is 0 Å². The molecule has 3 unspecified atom stereocenters. The molecule has 0 spiro atoms. The lowest BCUT2D eigenvalue weighted by Gasteiger charge is -2.29. The number of nitrogens with two attached hydrogens (primary N) is 1. The number of ketones is 1. The number of ether oxygens (including phenoxy) is 1. The molecule has 3 heteroatoms. The van der Waals surface area contributed by atoms with Gasteiger partial charge in [0.25, 0.3) is 0 Å². The van der Waals surface area contributed by atoms with E-state index in [0.717, 1.165) is 38.7 Å². The van der Waals surface area contributed by atoms with Crippen molar-refractivity contribution in [1.29, 1.82) is 0 Å². The van der Waals surface area contributed by atoms with E-state index in [1.165, 1.54) is 11.1 Å². The summed E-state index contributed by atoms with van der Waals surface area (Å²) in [5.74, 6) is 0.485. The van der Waals surface area contributed by atoms with E-state index in [9.17, 15) is 4.79 Å². The first-order valence-electron chi connectivity index (χ1n) is 7.71. The van der Waals surface area contributed by atoms with Crippen LogP contribution in [0.3, 0.4) is 0 Å². The van der Waals surface area contributed by atoms with E-state index >= 15 is 0 Å². The highest BCUT2D eigenvalue weighted by atomic mass is 16.5. The van der Waals surface area contributed by atoms with E-state index < -0.39 is 0 Å². The quantitative estimate of drug-likeness (QED) is 0.921. The number of hydrogen-bond acceptors (Lipinski definition) is 3. The number of carbonyl (C=O) groups excluding carboxylic acids is 1. The van der Waals surface area contributed by atoms with Crippen molar-refractivity contribution in [2.24, 2.45) is 11.7 Å². The van der Waals surface area contributed by atoms with Gasteiger partial charge in [0.05, 0.1) is 12.7 Å². The number of rotatable bonds is 3. The van der Waals surface area contributed by atoms with Crippen LogP contribution in [0.5, 0.6) is 0 Å². The minimum Gasteiger partial charge on any atom is -0.373 e. The first-order valence-corrected chi connectivity index (χ1v) is 7.71. The Morgan fingerprint density at radius 2 is 2.15 bits per heavy atom. The SMILES string of the molecule is NC1CCCC(C(=O)CC2OCCc3ccccc32)C1. The average molecular weight is 273 g/mol. The summed E-state index contributed by atoms with van der Waals surface area (Å²) >= 11 is 0. The van der Waals surface area contributed by atoms with Gasteiger partial charge in [-0.25, -0.2) is 0 Å². The van der Waals surface area contributed by atoms with Crippen LogP contribution < -0.4 is 5.73 Å². The lowest BCUT2D eigenvalue weighted by molar-refractivity contribution is -0.127. The Labute approximate surface area is 120 Å². The van der Waals surface area contributed by atoms with Crippen molar-refractivity contribution in [2.45, 2.75) is 50.7 Å². The second kappa shape index (κ2) is 6.06. The highest BCUT2D eigenvalue weighted by Crippen LogP contribution is 2.33. The maximum absolute atomic E-state index is 12.5. The Balaban J connectivity index is 1.68. The second-order valence-electron chi connectivity index (χ2n) is 6.10. The van der Waals surface area contributed by atoms with Gasteiger partial charge in [-0.3, -0.25) is 4.79 Å². The van der Waals surface area contributed by atoms with Gasteiger partial charge in [-0.2, -0.15) is 0 Å². The summed E-state index contributed by atoms with van der Waals surface area (Å²) in [6.45, 7) is 0.721. The maximum atomic E-state index is 12.5. The van der Waals surface area contributed by atoms with Gasteiger partial charge in [0.15, 0.2) is 0 Å². The van der Waals surface area contributed by atoms with Gasteiger partial charge in [-0.15, -0.1) is 0 Å². The molecule has 1 aliphatic heterocycles. The molecule has 0 saturated heterocycles. The maximum Gasteiger partial charge on any atom is 0.138 e. The van der Waals surface area contributed by atoms with Crippen molar-refractivity contribution in [1.82, 2.24) is 0 Å². The molecule has 0 aromatic heterocycles. The van der Waals surface area contributed by atoms with Crippen molar-refractivity contribution in [3.05, 3.63) is 35.4 Å². The van der Waals surface area contributed by atoms with E-state index in [2.05, 4.69) is 18.2 Å². The molecule has 1 saturated carbocycles. The third-order valence-corrected chi connectivity index (χ3v) is 4.65.